The van der Waals surface area contributed by atoms with Crippen LogP contribution in [0.15, 0.2) is 53.5 Å². The topological polar surface area (TPSA) is 76.9 Å². The molecule has 0 saturated carbocycles. The first-order valence-corrected chi connectivity index (χ1v) is 7.88. The van der Waals surface area contributed by atoms with Gasteiger partial charge in [0.15, 0.2) is 24.2 Å². The molecule has 0 saturated heterocycles. The molecule has 0 fully saturated rings. The lowest BCUT2D eigenvalue weighted by Crippen LogP contribution is -2.24. The van der Waals surface area contributed by atoms with Gasteiger partial charge in [0.2, 0.25) is 5.78 Å². The highest BCUT2D eigenvalue weighted by Gasteiger charge is 2.34. The van der Waals surface area contributed by atoms with E-state index < -0.39 is 6.10 Å². The van der Waals surface area contributed by atoms with Gasteiger partial charge in [0, 0.05) is 11.6 Å². The number of benzene rings is 1. The van der Waals surface area contributed by atoms with E-state index in [1.165, 1.54) is 6.08 Å². The first kappa shape index (κ1) is 17.1. The van der Waals surface area contributed by atoms with Crippen molar-refractivity contribution in [2.75, 3.05) is 27.9 Å². The second kappa shape index (κ2) is 7.03. The van der Waals surface area contributed by atoms with E-state index in [1.807, 2.05) is 12.2 Å². The van der Waals surface area contributed by atoms with Crippen LogP contribution in [0, 0.1) is 5.92 Å². The predicted octanol–water partition coefficient (Wildman–Crippen LogP) is 2.04. The number of ether oxygens (including phenoxy) is 4. The van der Waals surface area contributed by atoms with Crippen LogP contribution in [0.2, 0.25) is 0 Å². The molecule has 6 nitrogen and oxygen atoms in total. The molecule has 2 aliphatic rings. The van der Waals surface area contributed by atoms with Gasteiger partial charge in [0.05, 0.1) is 32.8 Å². The zero-order valence-corrected chi connectivity index (χ0v) is 14.4. The molecule has 25 heavy (non-hydrogen) atoms. The van der Waals surface area contributed by atoms with Gasteiger partial charge in [-0.3, -0.25) is 4.79 Å². The molecule has 6 heteroatoms. The molecule has 0 radical (unpaired) electrons. The molecule has 1 aliphatic heterocycles. The highest BCUT2D eigenvalue weighted by molar-refractivity contribution is 5.97. The van der Waals surface area contributed by atoms with Gasteiger partial charge in [-0.05, 0) is 24.3 Å². The van der Waals surface area contributed by atoms with Crippen LogP contribution in [0.1, 0.15) is 11.7 Å². The second-order valence-corrected chi connectivity index (χ2v) is 5.71. The van der Waals surface area contributed by atoms with Crippen LogP contribution in [0.4, 0.5) is 0 Å². The van der Waals surface area contributed by atoms with Crippen molar-refractivity contribution in [3.8, 4) is 11.5 Å². The van der Waals surface area contributed by atoms with Crippen molar-refractivity contribution in [2.45, 2.75) is 6.10 Å². The molecule has 1 aromatic carbocycles. The van der Waals surface area contributed by atoms with Crippen molar-refractivity contribution < 1.29 is 28.8 Å². The third kappa shape index (κ3) is 3.13. The minimum Gasteiger partial charge on any atom is -0.496 e. The summed E-state index contributed by atoms with van der Waals surface area (Å²) >= 11 is 0. The molecule has 0 amide bonds. The number of methoxy groups -OCH3 is 3. The molecule has 0 spiro atoms. The lowest BCUT2D eigenvalue weighted by Gasteiger charge is -2.29. The summed E-state index contributed by atoms with van der Waals surface area (Å²) in [4.78, 5) is 12.6. The minimum atomic E-state index is -0.766. The Labute approximate surface area is 146 Å². The van der Waals surface area contributed by atoms with Crippen LogP contribution in [-0.4, -0.2) is 38.8 Å². The average Bonchev–Trinajstić information content (AvgIpc) is 2.66. The van der Waals surface area contributed by atoms with Crippen molar-refractivity contribution in [3.05, 3.63) is 59.1 Å². The molecule has 1 aliphatic carbocycles. The average molecular weight is 345 g/mol. The number of carbonyl (C=O) groups is 1. The Morgan fingerprint density at radius 3 is 2.48 bits per heavy atom. The minimum absolute atomic E-state index is 0.110. The lowest BCUT2D eigenvalue weighted by atomic mass is 9.92. The van der Waals surface area contributed by atoms with Crippen molar-refractivity contribution >= 4 is 5.78 Å². The summed E-state index contributed by atoms with van der Waals surface area (Å²) in [6, 6.07) is 5.26. The Bertz CT molecular complexity index is 774. The molecule has 0 aromatic heterocycles. The number of fused-ring (bicyclic) bond motifs is 1. The Kier molecular flexibility index (Phi) is 4.81. The number of rotatable bonds is 5. The van der Waals surface area contributed by atoms with Crippen LogP contribution >= 0.6 is 0 Å². The summed E-state index contributed by atoms with van der Waals surface area (Å²) in [5.41, 5.74) is 1.30. The van der Waals surface area contributed by atoms with Gasteiger partial charge < -0.3 is 24.1 Å². The molecule has 1 aromatic rings. The third-order valence-corrected chi connectivity index (χ3v) is 4.22. The number of ketones is 1. The van der Waals surface area contributed by atoms with Crippen molar-refractivity contribution in [1.29, 1.82) is 0 Å². The van der Waals surface area contributed by atoms with Gasteiger partial charge in [-0.15, -0.1) is 0 Å². The van der Waals surface area contributed by atoms with E-state index in [0.29, 0.717) is 34.2 Å². The summed E-state index contributed by atoms with van der Waals surface area (Å²) in [6.45, 7) is 0.183. The fourth-order valence-electron chi connectivity index (χ4n) is 2.93. The first-order chi connectivity index (χ1) is 12.1. The zero-order valence-electron chi connectivity index (χ0n) is 14.4. The molecule has 3 rings (SSSR count). The Balaban J connectivity index is 1.98. The van der Waals surface area contributed by atoms with E-state index in [4.69, 9.17) is 24.1 Å². The quantitative estimate of drug-likeness (QED) is 0.763. The number of carbonyl (C=O) groups excluding carboxylic acids is 1. The largest absolute Gasteiger partial charge is 0.496 e. The third-order valence-electron chi connectivity index (χ3n) is 4.22. The van der Waals surface area contributed by atoms with Crippen molar-refractivity contribution in [1.82, 2.24) is 0 Å². The van der Waals surface area contributed by atoms with E-state index in [1.54, 1.807) is 39.5 Å². The Morgan fingerprint density at radius 2 is 1.84 bits per heavy atom. The maximum Gasteiger partial charge on any atom is 0.201 e. The summed E-state index contributed by atoms with van der Waals surface area (Å²) in [6.07, 6.45) is 4.45. The Morgan fingerprint density at radius 1 is 1.08 bits per heavy atom. The highest BCUT2D eigenvalue weighted by Crippen LogP contribution is 2.39. The van der Waals surface area contributed by atoms with Gasteiger partial charge in [0.1, 0.15) is 11.5 Å². The summed E-state index contributed by atoms with van der Waals surface area (Å²) in [5, 5.41) is 7.60. The van der Waals surface area contributed by atoms with Gasteiger partial charge in [-0.2, -0.15) is 0 Å². The predicted molar refractivity (Wildman–Crippen MR) is 91.6 cm³/mol. The van der Waals surface area contributed by atoms with Crippen LogP contribution < -0.4 is 9.47 Å². The Hall–Kier alpha value is -2.73. The maximum absolute atomic E-state index is 12.6. The van der Waals surface area contributed by atoms with Crippen LogP contribution in [0.25, 0.3) is 0 Å². The zero-order chi connectivity index (χ0) is 18.0. The van der Waals surface area contributed by atoms with Gasteiger partial charge in [-0.25, -0.2) is 0 Å². The fraction of sp³-hybridized carbons (Fsp3) is 0.316. The normalized spacial score (nSPS) is 22.1. The van der Waals surface area contributed by atoms with E-state index in [0.717, 1.165) is 0 Å². The molecule has 2 atom stereocenters. The SMILES string of the molecule is COC1=CC(C[OH2+])C=C2O[C@H](c3ccc(OC)c(OC)c3)C(=O)C=C12. The van der Waals surface area contributed by atoms with Crippen LogP contribution in [0.5, 0.6) is 11.5 Å². The van der Waals surface area contributed by atoms with E-state index in [9.17, 15) is 4.79 Å². The van der Waals surface area contributed by atoms with Crippen molar-refractivity contribution in [2.24, 2.45) is 5.92 Å². The molecule has 1 unspecified atom stereocenters. The molecule has 132 valence electrons. The van der Waals surface area contributed by atoms with Crippen molar-refractivity contribution in [3.63, 3.8) is 0 Å². The number of hydrogen-bond acceptors (Lipinski definition) is 5. The summed E-state index contributed by atoms with van der Waals surface area (Å²) in [5.74, 6) is 1.96. The van der Waals surface area contributed by atoms with Gasteiger partial charge in [-0.1, -0.05) is 6.07 Å². The summed E-state index contributed by atoms with van der Waals surface area (Å²) < 4.78 is 21.8. The van der Waals surface area contributed by atoms with Gasteiger partial charge in [0.25, 0.3) is 0 Å². The molecular weight excluding hydrogens is 324 g/mol. The second-order valence-electron chi connectivity index (χ2n) is 5.71. The fourth-order valence-corrected chi connectivity index (χ4v) is 2.93. The lowest BCUT2D eigenvalue weighted by molar-refractivity contribution is -0.124. The molecular formula is C19H21O6+. The van der Waals surface area contributed by atoms with Crippen LogP contribution in [-0.2, 0) is 14.3 Å². The molecule has 1 heterocycles. The van der Waals surface area contributed by atoms with E-state index in [2.05, 4.69) is 0 Å². The molecule has 0 bridgehead atoms. The first-order valence-electron chi connectivity index (χ1n) is 7.88. The van der Waals surface area contributed by atoms with E-state index >= 15 is 0 Å². The number of hydrogen-bond donors (Lipinski definition) is 0. The molecule has 2 N–H and O–H groups in total. The standard InChI is InChI=1S/C19H20O6/c1-22-15-5-4-12(8-18(15)24-3)19-14(21)9-13-16(23-2)6-11(10-20)7-17(13)25-19/h4-9,11,19-20H,10H2,1-3H3/p+1/t11?,19-/m1/s1. The highest BCUT2D eigenvalue weighted by atomic mass is 16.5. The monoisotopic (exact) mass is 345 g/mol. The summed E-state index contributed by atoms with van der Waals surface area (Å²) in [7, 11) is 4.64. The van der Waals surface area contributed by atoms with E-state index in [-0.39, 0.29) is 18.3 Å². The maximum atomic E-state index is 12.6. The smallest absolute Gasteiger partial charge is 0.201 e. The van der Waals surface area contributed by atoms with Crippen LogP contribution in [0.3, 0.4) is 0 Å². The van der Waals surface area contributed by atoms with Gasteiger partial charge >= 0.3 is 0 Å².